The highest BCUT2D eigenvalue weighted by atomic mass is 32.2. The molecule has 0 atom stereocenters. The summed E-state index contributed by atoms with van der Waals surface area (Å²) in [6.45, 7) is 12.1. The molecule has 2 heterocycles. The minimum absolute atomic E-state index is 0.00525. The Bertz CT molecular complexity index is 1470. The van der Waals surface area contributed by atoms with E-state index in [9.17, 15) is 9.59 Å². The third-order valence-corrected chi connectivity index (χ3v) is 8.20. The van der Waals surface area contributed by atoms with Crippen LogP contribution in [0.5, 0.6) is 5.75 Å². The number of benzene rings is 2. The van der Waals surface area contributed by atoms with Crippen LogP contribution in [0.2, 0.25) is 0 Å². The number of ether oxygens (including phenoxy) is 1. The Balaban J connectivity index is 1.88. The summed E-state index contributed by atoms with van der Waals surface area (Å²) in [6, 6.07) is 11.5. The Morgan fingerprint density at radius 2 is 1.88 bits per heavy atom. The Morgan fingerprint density at radius 3 is 2.59 bits per heavy atom. The van der Waals surface area contributed by atoms with Crippen LogP contribution in [0.4, 0.5) is 0 Å². The number of hydrogen-bond acceptors (Lipinski definition) is 6. The zero-order valence-corrected chi connectivity index (χ0v) is 21.9. The number of fused-ring (bicyclic) bond motifs is 1. The van der Waals surface area contributed by atoms with Gasteiger partial charge in [-0.15, -0.1) is 11.3 Å². The van der Waals surface area contributed by atoms with E-state index in [2.05, 4.69) is 0 Å². The normalized spacial score (nSPS) is 11.2. The van der Waals surface area contributed by atoms with Gasteiger partial charge >= 0.3 is 0 Å². The molecule has 34 heavy (non-hydrogen) atoms. The molecule has 4 aromatic rings. The van der Waals surface area contributed by atoms with Crippen LogP contribution in [-0.4, -0.2) is 21.9 Å². The SMILES string of the molecule is CCOc1ccc(C(C)=O)cc1CSc1nc2sc(C)c(C)c2c(=O)n1-c1cccc(C)c1C. The number of carbonyl (C=O) groups is 1. The molecule has 176 valence electrons. The Morgan fingerprint density at radius 1 is 1.12 bits per heavy atom. The average molecular weight is 493 g/mol. The Labute approximate surface area is 207 Å². The first-order chi connectivity index (χ1) is 16.2. The second-order valence-corrected chi connectivity index (χ2v) is 10.5. The predicted molar refractivity (Wildman–Crippen MR) is 141 cm³/mol. The molecule has 0 fully saturated rings. The van der Waals surface area contributed by atoms with E-state index >= 15 is 0 Å². The number of Topliss-reactive ketones (excluding diaryl/α,β-unsaturated/α-hetero) is 1. The van der Waals surface area contributed by atoms with Crippen molar-refractivity contribution in [2.45, 2.75) is 52.5 Å². The van der Waals surface area contributed by atoms with Gasteiger partial charge in [0.2, 0.25) is 0 Å². The van der Waals surface area contributed by atoms with E-state index in [4.69, 9.17) is 9.72 Å². The first-order valence-electron chi connectivity index (χ1n) is 11.2. The minimum Gasteiger partial charge on any atom is -0.494 e. The van der Waals surface area contributed by atoms with Gasteiger partial charge in [0.1, 0.15) is 10.6 Å². The maximum absolute atomic E-state index is 13.8. The fourth-order valence-electron chi connectivity index (χ4n) is 3.91. The number of ketones is 1. The van der Waals surface area contributed by atoms with Crippen molar-refractivity contribution in [2.75, 3.05) is 6.61 Å². The quantitative estimate of drug-likeness (QED) is 0.166. The molecule has 5 nitrogen and oxygen atoms in total. The van der Waals surface area contributed by atoms with Gasteiger partial charge in [-0.25, -0.2) is 4.98 Å². The molecule has 0 unspecified atom stereocenters. The van der Waals surface area contributed by atoms with Gasteiger partial charge in [0.15, 0.2) is 10.9 Å². The molecule has 2 aromatic heterocycles. The van der Waals surface area contributed by atoms with Crippen LogP contribution < -0.4 is 10.3 Å². The van der Waals surface area contributed by atoms with E-state index in [0.717, 1.165) is 43.4 Å². The molecule has 0 N–H and O–H groups in total. The van der Waals surface area contributed by atoms with E-state index in [-0.39, 0.29) is 11.3 Å². The smallest absolute Gasteiger partial charge is 0.267 e. The molecule has 0 aliphatic rings. The molecule has 0 saturated carbocycles. The van der Waals surface area contributed by atoms with Gasteiger partial charge in [-0.3, -0.25) is 14.2 Å². The summed E-state index contributed by atoms with van der Waals surface area (Å²) < 4.78 is 7.55. The third kappa shape index (κ3) is 4.42. The zero-order chi connectivity index (χ0) is 24.6. The predicted octanol–water partition coefficient (Wildman–Crippen LogP) is 6.57. The molecule has 0 radical (unpaired) electrons. The topological polar surface area (TPSA) is 61.2 Å². The highest BCUT2D eigenvalue weighted by Gasteiger charge is 2.20. The van der Waals surface area contributed by atoms with Crippen LogP contribution >= 0.6 is 23.1 Å². The number of thioether (sulfide) groups is 1. The standard InChI is InChI=1S/C27H28N2O3S2/c1-7-32-23-12-11-20(18(5)30)13-21(23)14-33-27-28-25-24(17(4)19(6)34-25)26(31)29(27)22-10-8-9-15(2)16(22)3/h8-13H,7,14H2,1-6H3. The summed E-state index contributed by atoms with van der Waals surface area (Å²) in [7, 11) is 0. The van der Waals surface area contributed by atoms with Crippen molar-refractivity contribution < 1.29 is 9.53 Å². The van der Waals surface area contributed by atoms with Gasteiger partial charge in [-0.2, -0.15) is 0 Å². The molecule has 0 aliphatic carbocycles. The molecule has 0 bridgehead atoms. The molecule has 7 heteroatoms. The summed E-state index contributed by atoms with van der Waals surface area (Å²) in [5.41, 5.74) is 5.48. The van der Waals surface area contributed by atoms with Crippen molar-refractivity contribution in [3.05, 3.63) is 79.4 Å². The average Bonchev–Trinajstić information content (AvgIpc) is 3.09. The molecule has 0 aliphatic heterocycles. The van der Waals surface area contributed by atoms with Crippen LogP contribution in [0.3, 0.4) is 0 Å². The van der Waals surface area contributed by atoms with Crippen molar-refractivity contribution in [1.29, 1.82) is 0 Å². The maximum atomic E-state index is 13.8. The van der Waals surface area contributed by atoms with Crippen LogP contribution in [0.25, 0.3) is 15.9 Å². The van der Waals surface area contributed by atoms with Crippen molar-refractivity contribution in [2.24, 2.45) is 0 Å². The first-order valence-corrected chi connectivity index (χ1v) is 13.0. The third-order valence-electron chi connectivity index (χ3n) is 6.11. The summed E-state index contributed by atoms with van der Waals surface area (Å²) in [6.07, 6.45) is 0. The molecular formula is C27H28N2O3S2. The van der Waals surface area contributed by atoms with E-state index in [0.29, 0.717) is 28.5 Å². The maximum Gasteiger partial charge on any atom is 0.267 e. The van der Waals surface area contributed by atoms with Crippen molar-refractivity contribution in [1.82, 2.24) is 9.55 Å². The van der Waals surface area contributed by atoms with Gasteiger partial charge in [-0.1, -0.05) is 23.9 Å². The lowest BCUT2D eigenvalue weighted by molar-refractivity contribution is 0.101. The van der Waals surface area contributed by atoms with Crippen LogP contribution in [-0.2, 0) is 5.75 Å². The Kier molecular flexibility index (Phi) is 6.96. The summed E-state index contributed by atoms with van der Waals surface area (Å²) in [5, 5.41) is 1.31. The number of nitrogens with zero attached hydrogens (tertiary/aromatic N) is 2. The van der Waals surface area contributed by atoms with Gasteiger partial charge in [0, 0.05) is 21.8 Å². The monoisotopic (exact) mass is 492 g/mol. The van der Waals surface area contributed by atoms with Crippen molar-refractivity contribution in [3.63, 3.8) is 0 Å². The highest BCUT2D eigenvalue weighted by Crippen LogP contribution is 2.33. The largest absolute Gasteiger partial charge is 0.494 e. The first kappa shape index (κ1) is 24.2. The Hall–Kier alpha value is -2.90. The highest BCUT2D eigenvalue weighted by molar-refractivity contribution is 7.98. The lowest BCUT2D eigenvalue weighted by Gasteiger charge is -2.16. The molecular weight excluding hydrogens is 464 g/mol. The van der Waals surface area contributed by atoms with Gasteiger partial charge in [-0.05, 0) is 82.5 Å². The van der Waals surface area contributed by atoms with E-state index in [1.54, 1.807) is 28.9 Å². The summed E-state index contributed by atoms with van der Waals surface area (Å²) in [4.78, 5) is 32.6. The van der Waals surface area contributed by atoms with Crippen LogP contribution in [0, 0.1) is 27.7 Å². The van der Waals surface area contributed by atoms with Gasteiger partial charge < -0.3 is 4.74 Å². The number of aromatic nitrogens is 2. The van der Waals surface area contributed by atoms with E-state index in [1.165, 1.54) is 11.8 Å². The number of rotatable bonds is 7. The number of hydrogen-bond donors (Lipinski definition) is 0. The lowest BCUT2D eigenvalue weighted by Crippen LogP contribution is -2.22. The number of aryl methyl sites for hydroxylation is 3. The molecule has 4 rings (SSSR count). The van der Waals surface area contributed by atoms with Crippen molar-refractivity contribution >= 4 is 39.1 Å². The zero-order valence-electron chi connectivity index (χ0n) is 20.3. The molecule has 0 spiro atoms. The minimum atomic E-state index is -0.0504. The van der Waals surface area contributed by atoms with Crippen molar-refractivity contribution in [3.8, 4) is 11.4 Å². The molecule has 2 aromatic carbocycles. The van der Waals surface area contributed by atoms with Gasteiger partial charge in [0.05, 0.1) is 17.7 Å². The molecule has 0 saturated heterocycles. The lowest BCUT2D eigenvalue weighted by atomic mass is 10.1. The fourth-order valence-corrected chi connectivity index (χ4v) is 5.97. The second-order valence-electron chi connectivity index (χ2n) is 8.32. The van der Waals surface area contributed by atoms with Gasteiger partial charge in [0.25, 0.3) is 5.56 Å². The number of carbonyl (C=O) groups excluding carboxylic acids is 1. The fraction of sp³-hybridized carbons (Fsp3) is 0.296. The summed E-state index contributed by atoms with van der Waals surface area (Å²) in [5.74, 6) is 1.26. The second kappa shape index (κ2) is 9.76. The molecule has 0 amide bonds. The number of thiophene rings is 1. The van der Waals surface area contributed by atoms with E-state index < -0.39 is 0 Å². The summed E-state index contributed by atoms with van der Waals surface area (Å²) >= 11 is 3.03. The van der Waals surface area contributed by atoms with E-state index in [1.807, 2.05) is 65.0 Å². The van der Waals surface area contributed by atoms with Crippen LogP contribution in [0.1, 0.15) is 51.3 Å². The van der Waals surface area contributed by atoms with Crippen LogP contribution in [0.15, 0.2) is 46.3 Å².